The van der Waals surface area contributed by atoms with E-state index in [0.29, 0.717) is 11.3 Å². The lowest BCUT2D eigenvalue weighted by atomic mass is 10.1. The van der Waals surface area contributed by atoms with Gasteiger partial charge in [-0.1, -0.05) is 18.2 Å². The van der Waals surface area contributed by atoms with Crippen molar-refractivity contribution in [2.75, 3.05) is 5.32 Å². The Bertz CT molecular complexity index is 848. The maximum atomic E-state index is 12.5. The molecule has 3 N–H and O–H groups in total. The number of benzene rings is 1. The molecule has 3 rings (SSSR count). The van der Waals surface area contributed by atoms with Gasteiger partial charge >= 0.3 is 5.97 Å². The monoisotopic (exact) mass is 300 g/mol. The summed E-state index contributed by atoms with van der Waals surface area (Å²) in [5, 5.41) is 14.2. The highest BCUT2D eigenvalue weighted by Gasteiger charge is 2.19. The molecule has 21 heavy (non-hydrogen) atoms. The fourth-order valence-corrected chi connectivity index (χ4v) is 3.01. The van der Waals surface area contributed by atoms with Crippen LogP contribution >= 0.6 is 11.3 Å². The van der Waals surface area contributed by atoms with Crippen LogP contribution in [0, 0.1) is 6.92 Å². The van der Waals surface area contributed by atoms with Gasteiger partial charge in [-0.15, -0.1) is 11.3 Å². The van der Waals surface area contributed by atoms with Gasteiger partial charge in [0.05, 0.1) is 11.3 Å². The largest absolute Gasteiger partial charge is 0.477 e. The molecule has 6 heteroatoms. The quantitative estimate of drug-likeness (QED) is 0.692. The van der Waals surface area contributed by atoms with Gasteiger partial charge < -0.3 is 15.4 Å². The predicted molar refractivity (Wildman–Crippen MR) is 82.3 cm³/mol. The van der Waals surface area contributed by atoms with Gasteiger partial charge in [-0.05, 0) is 24.4 Å². The number of amides is 1. The van der Waals surface area contributed by atoms with Gasteiger partial charge in [-0.2, -0.15) is 0 Å². The number of carbonyl (C=O) groups is 2. The van der Waals surface area contributed by atoms with Crippen molar-refractivity contribution < 1.29 is 14.7 Å². The maximum absolute atomic E-state index is 12.5. The van der Waals surface area contributed by atoms with Gasteiger partial charge in [0.1, 0.15) is 4.88 Å². The normalized spacial score (nSPS) is 10.7. The number of hydrogen-bond donors (Lipinski definition) is 3. The van der Waals surface area contributed by atoms with Gasteiger partial charge in [-0.3, -0.25) is 4.79 Å². The molecule has 0 aliphatic rings. The first kappa shape index (κ1) is 13.4. The van der Waals surface area contributed by atoms with Crippen molar-refractivity contribution in [1.29, 1.82) is 0 Å². The van der Waals surface area contributed by atoms with Crippen molar-refractivity contribution in [3.63, 3.8) is 0 Å². The molecule has 0 radical (unpaired) electrons. The smallest absolute Gasteiger partial charge is 0.348 e. The fourth-order valence-electron chi connectivity index (χ4n) is 2.33. The van der Waals surface area contributed by atoms with E-state index in [0.717, 1.165) is 27.9 Å². The Labute approximate surface area is 124 Å². The number of rotatable bonds is 3. The van der Waals surface area contributed by atoms with E-state index in [9.17, 15) is 9.59 Å². The minimum absolute atomic E-state index is 0.126. The van der Waals surface area contributed by atoms with Crippen LogP contribution in [-0.4, -0.2) is 22.0 Å². The van der Waals surface area contributed by atoms with E-state index >= 15 is 0 Å². The molecule has 2 heterocycles. The molecular formula is C15H12N2O3S. The third kappa shape index (κ3) is 2.30. The van der Waals surface area contributed by atoms with Gasteiger partial charge in [0.2, 0.25) is 0 Å². The number of aromatic nitrogens is 1. The van der Waals surface area contributed by atoms with Crippen molar-refractivity contribution in [2.45, 2.75) is 6.92 Å². The Morgan fingerprint density at radius 3 is 2.76 bits per heavy atom. The molecule has 0 saturated heterocycles. The van der Waals surface area contributed by atoms with E-state index < -0.39 is 5.97 Å². The molecule has 0 fully saturated rings. The van der Waals surface area contributed by atoms with Crippen molar-refractivity contribution in [1.82, 2.24) is 4.98 Å². The average Bonchev–Trinajstić information content (AvgIpc) is 3.01. The number of H-pyrrole nitrogens is 1. The highest BCUT2D eigenvalue weighted by Crippen LogP contribution is 2.26. The first-order valence-electron chi connectivity index (χ1n) is 6.27. The number of nitrogens with one attached hydrogen (secondary N) is 2. The first-order chi connectivity index (χ1) is 10.1. The third-order valence-electron chi connectivity index (χ3n) is 3.23. The van der Waals surface area contributed by atoms with E-state index in [1.165, 1.54) is 0 Å². The summed E-state index contributed by atoms with van der Waals surface area (Å²) in [6, 6.07) is 9.10. The molecule has 0 aliphatic heterocycles. The Hall–Kier alpha value is -2.60. The Balaban J connectivity index is 1.99. The van der Waals surface area contributed by atoms with Crippen molar-refractivity contribution in [3.05, 3.63) is 51.8 Å². The van der Waals surface area contributed by atoms with E-state index in [4.69, 9.17) is 5.11 Å². The second kappa shape index (κ2) is 5.06. The minimum Gasteiger partial charge on any atom is -0.477 e. The summed E-state index contributed by atoms with van der Waals surface area (Å²) in [4.78, 5) is 26.8. The van der Waals surface area contributed by atoms with Crippen LogP contribution in [0.1, 0.15) is 25.7 Å². The van der Waals surface area contributed by atoms with Crippen LogP contribution in [-0.2, 0) is 0 Å². The molecule has 1 amide bonds. The molecule has 0 aliphatic carbocycles. The van der Waals surface area contributed by atoms with Crippen molar-refractivity contribution in [3.8, 4) is 0 Å². The van der Waals surface area contributed by atoms with Crippen LogP contribution in [0.4, 0.5) is 5.69 Å². The van der Waals surface area contributed by atoms with E-state index in [1.807, 2.05) is 31.2 Å². The van der Waals surface area contributed by atoms with Crippen LogP contribution in [0.3, 0.4) is 0 Å². The van der Waals surface area contributed by atoms with Crippen LogP contribution in [0.2, 0.25) is 0 Å². The number of hydrogen-bond acceptors (Lipinski definition) is 3. The molecule has 0 bridgehead atoms. The molecule has 0 saturated carbocycles. The van der Waals surface area contributed by atoms with E-state index in [2.05, 4.69) is 10.3 Å². The molecule has 0 unspecified atom stereocenters. The number of thiophene rings is 1. The minimum atomic E-state index is -1.05. The zero-order valence-corrected chi connectivity index (χ0v) is 12.0. The highest BCUT2D eigenvalue weighted by atomic mass is 32.1. The maximum Gasteiger partial charge on any atom is 0.348 e. The predicted octanol–water partition coefficient (Wildman–Crippen LogP) is 3.49. The number of aromatic amines is 1. The summed E-state index contributed by atoms with van der Waals surface area (Å²) in [5.41, 5.74) is 2.49. The lowest BCUT2D eigenvalue weighted by molar-refractivity contribution is 0.0703. The van der Waals surface area contributed by atoms with Crippen LogP contribution in [0.5, 0.6) is 0 Å². The molecule has 5 nitrogen and oxygen atoms in total. The molecule has 106 valence electrons. The first-order valence-corrected chi connectivity index (χ1v) is 7.15. The van der Waals surface area contributed by atoms with Crippen molar-refractivity contribution in [2.24, 2.45) is 0 Å². The zero-order chi connectivity index (χ0) is 15.0. The average molecular weight is 300 g/mol. The van der Waals surface area contributed by atoms with E-state index in [-0.39, 0.29) is 10.8 Å². The SMILES string of the molecule is Cc1[nH]c2ccccc2c1C(=O)Nc1ccsc1C(=O)O. The van der Waals surface area contributed by atoms with Crippen LogP contribution < -0.4 is 5.32 Å². The van der Waals surface area contributed by atoms with Gasteiger partial charge in [-0.25, -0.2) is 4.79 Å². The summed E-state index contributed by atoms with van der Waals surface area (Å²) < 4.78 is 0. The van der Waals surface area contributed by atoms with Gasteiger partial charge in [0.25, 0.3) is 5.91 Å². The van der Waals surface area contributed by atoms with Crippen LogP contribution in [0.25, 0.3) is 10.9 Å². The Morgan fingerprint density at radius 2 is 2.00 bits per heavy atom. The van der Waals surface area contributed by atoms with Crippen LogP contribution in [0.15, 0.2) is 35.7 Å². The summed E-state index contributed by atoms with van der Waals surface area (Å²) in [6.07, 6.45) is 0. The Morgan fingerprint density at radius 1 is 1.24 bits per heavy atom. The number of carbonyl (C=O) groups excluding carboxylic acids is 1. The summed E-state index contributed by atoms with van der Waals surface area (Å²) in [5.74, 6) is -1.36. The highest BCUT2D eigenvalue weighted by molar-refractivity contribution is 7.12. The lowest BCUT2D eigenvalue weighted by Gasteiger charge is -2.04. The molecular weight excluding hydrogens is 288 g/mol. The summed E-state index contributed by atoms with van der Waals surface area (Å²) in [7, 11) is 0. The van der Waals surface area contributed by atoms with E-state index in [1.54, 1.807) is 11.4 Å². The number of fused-ring (bicyclic) bond motifs is 1. The Kier molecular flexibility index (Phi) is 3.23. The molecule has 3 aromatic rings. The third-order valence-corrected chi connectivity index (χ3v) is 4.13. The number of anilines is 1. The second-order valence-electron chi connectivity index (χ2n) is 4.59. The molecule has 1 aromatic carbocycles. The molecule has 2 aromatic heterocycles. The second-order valence-corrected chi connectivity index (χ2v) is 5.51. The van der Waals surface area contributed by atoms with Crippen molar-refractivity contribution >= 4 is 39.8 Å². The molecule has 0 spiro atoms. The number of aryl methyl sites for hydroxylation is 1. The zero-order valence-electron chi connectivity index (χ0n) is 11.1. The topological polar surface area (TPSA) is 82.2 Å². The molecule has 0 atom stereocenters. The summed E-state index contributed by atoms with van der Waals surface area (Å²) in [6.45, 7) is 1.82. The summed E-state index contributed by atoms with van der Waals surface area (Å²) >= 11 is 1.08. The number of para-hydroxylation sites is 1. The van der Waals surface area contributed by atoms with Gasteiger partial charge in [0.15, 0.2) is 0 Å². The number of carboxylic acid groups (broad SMARTS) is 1. The fraction of sp³-hybridized carbons (Fsp3) is 0.0667. The standard InChI is InChI=1S/C15H12N2O3S/c1-8-12(9-4-2-3-5-10(9)16-8)14(18)17-11-6-7-21-13(11)15(19)20/h2-7,16H,1H3,(H,17,18)(H,19,20). The number of aromatic carboxylic acids is 1. The lowest BCUT2D eigenvalue weighted by Crippen LogP contribution is -2.14. The van der Waals surface area contributed by atoms with Gasteiger partial charge in [0, 0.05) is 16.6 Å². The number of carboxylic acids is 1.